The van der Waals surface area contributed by atoms with Crippen molar-refractivity contribution in [2.75, 3.05) is 0 Å². The van der Waals surface area contributed by atoms with Gasteiger partial charge in [0.1, 0.15) is 0 Å². The zero-order chi connectivity index (χ0) is 0. The molecule has 0 spiro atoms. The molecule has 2 N–H and O–H groups in total. The van der Waals surface area contributed by atoms with E-state index in [2.05, 4.69) is 0 Å². The Morgan fingerprint density at radius 1 is 0.667 bits per heavy atom. The van der Waals surface area contributed by atoms with E-state index in [0.29, 0.717) is 0 Å². The summed E-state index contributed by atoms with van der Waals surface area (Å²) in [6.07, 6.45) is 0. The standard InChI is InChI=1S/Ca.Cr.2H2O.2O/h;;2*1H2;;/q+2;+4;;;2*-2/p-2. The van der Waals surface area contributed by atoms with Crippen LogP contribution in [0.1, 0.15) is 0 Å². The van der Waals surface area contributed by atoms with Crippen LogP contribution in [0, 0.1) is 0 Å². The van der Waals surface area contributed by atoms with E-state index in [-0.39, 0.29) is 77.0 Å². The van der Waals surface area contributed by atoms with Crippen molar-refractivity contribution < 1.29 is 39.3 Å². The first-order valence-electron chi connectivity index (χ1n) is 0. The Morgan fingerprint density at radius 3 is 0.667 bits per heavy atom. The second-order valence-corrected chi connectivity index (χ2v) is 0. The van der Waals surface area contributed by atoms with E-state index >= 15 is 0 Å². The van der Waals surface area contributed by atoms with Gasteiger partial charge in [-0.2, -0.15) is 0 Å². The van der Waals surface area contributed by atoms with Crippen molar-refractivity contribution in [1.82, 2.24) is 0 Å². The first kappa shape index (κ1) is 126. The molecular formula is H2CaCrO4. The van der Waals surface area contributed by atoms with Gasteiger partial charge in [0.25, 0.3) is 0 Å². The summed E-state index contributed by atoms with van der Waals surface area (Å²) in [7, 11) is 0. The van der Waals surface area contributed by atoms with Crippen molar-refractivity contribution in [2.45, 2.75) is 0 Å². The normalized spacial score (nSPS) is 0. The summed E-state index contributed by atoms with van der Waals surface area (Å²) >= 11 is 0. The molecule has 0 saturated heterocycles. The van der Waals surface area contributed by atoms with Gasteiger partial charge in [0, 0.05) is 0 Å². The van der Waals surface area contributed by atoms with Crippen LogP contribution in [0.25, 0.3) is 0 Å². The Hall–Kier alpha value is 1.63. The molecule has 0 saturated carbocycles. The molecule has 6 heavy (non-hydrogen) atoms. The van der Waals surface area contributed by atoms with Crippen LogP contribution in [-0.4, -0.2) is 48.7 Å². The molecule has 0 unspecified atom stereocenters. The van der Waals surface area contributed by atoms with E-state index in [4.69, 9.17) is 0 Å². The Balaban J connectivity index is 0. The van der Waals surface area contributed by atoms with E-state index in [0.717, 1.165) is 0 Å². The average Bonchev–Trinajstić information content (AvgIpc) is 0. The Kier molecular flexibility index (Phi) is 1660. The molecule has 0 amide bonds. The van der Waals surface area contributed by atoms with Gasteiger partial charge < -0.3 is 21.9 Å². The van der Waals surface area contributed by atoms with Gasteiger partial charge in [-0.05, 0) is 0 Å². The van der Waals surface area contributed by atoms with Gasteiger partial charge in [0.05, 0.1) is 0 Å². The SMILES string of the molecule is [Ca+2].[Cr+4].[O-2].[O-2].[OH-].[OH-]. The number of hydrogen-bond acceptors (Lipinski definition) is 2. The number of rotatable bonds is 0. The van der Waals surface area contributed by atoms with Crippen LogP contribution in [0.3, 0.4) is 0 Å². The molecule has 0 aliphatic carbocycles. The third-order valence-electron chi connectivity index (χ3n) is 0. The molecule has 0 aliphatic heterocycles. The van der Waals surface area contributed by atoms with Gasteiger partial charge in [0.2, 0.25) is 0 Å². The summed E-state index contributed by atoms with van der Waals surface area (Å²) in [6.45, 7) is 0. The van der Waals surface area contributed by atoms with Crippen molar-refractivity contribution in [1.29, 1.82) is 0 Å². The summed E-state index contributed by atoms with van der Waals surface area (Å²) < 4.78 is 0. The van der Waals surface area contributed by atoms with Crippen LogP contribution in [0.4, 0.5) is 0 Å². The van der Waals surface area contributed by atoms with Gasteiger partial charge in [-0.25, -0.2) is 0 Å². The molecule has 0 heterocycles. The summed E-state index contributed by atoms with van der Waals surface area (Å²) in [4.78, 5) is 0. The van der Waals surface area contributed by atoms with Crippen molar-refractivity contribution >= 4 is 37.7 Å². The summed E-state index contributed by atoms with van der Waals surface area (Å²) in [5.41, 5.74) is 0. The van der Waals surface area contributed by atoms with Crippen LogP contribution in [-0.2, 0) is 28.3 Å². The summed E-state index contributed by atoms with van der Waals surface area (Å²) in [6, 6.07) is 0. The quantitative estimate of drug-likeness (QED) is 0.421. The van der Waals surface area contributed by atoms with Crippen LogP contribution >= 0.6 is 0 Å². The Morgan fingerprint density at radius 2 is 0.667 bits per heavy atom. The van der Waals surface area contributed by atoms with Crippen LogP contribution in [0.15, 0.2) is 0 Å². The predicted molar refractivity (Wildman–Crippen MR) is 11.0 cm³/mol. The molecule has 0 aromatic carbocycles. The molecule has 6 heteroatoms. The van der Waals surface area contributed by atoms with E-state index in [9.17, 15) is 0 Å². The molecule has 0 rings (SSSR count). The fraction of sp³-hybridized carbons (Fsp3) is 0. The third-order valence-corrected chi connectivity index (χ3v) is 0. The van der Waals surface area contributed by atoms with E-state index in [1.807, 2.05) is 0 Å². The van der Waals surface area contributed by atoms with Crippen molar-refractivity contribution in [3.8, 4) is 0 Å². The van der Waals surface area contributed by atoms with Crippen LogP contribution in [0.2, 0.25) is 0 Å². The molecule has 0 aliphatic rings. The molecule has 34 valence electrons. The maximum atomic E-state index is 0. The zero-order valence-electron chi connectivity index (χ0n) is 2.83. The molecule has 0 aromatic heterocycles. The maximum absolute atomic E-state index is 0. The molecule has 0 aromatic rings. The molecule has 4 nitrogen and oxygen atoms in total. The smallest absolute Gasteiger partial charge is 2.00 e. The van der Waals surface area contributed by atoms with Gasteiger partial charge in [-0.15, -0.1) is 0 Å². The third kappa shape index (κ3) is 45.4. The summed E-state index contributed by atoms with van der Waals surface area (Å²) in [5, 5.41) is 0. The number of hydrogen-bond donors (Lipinski definition) is 0. The fourth-order valence-electron chi connectivity index (χ4n) is 0. The van der Waals surface area contributed by atoms with Gasteiger partial charge >= 0.3 is 55.1 Å². The topological polar surface area (TPSA) is 117 Å². The first-order valence-corrected chi connectivity index (χ1v) is 0. The first-order chi connectivity index (χ1) is 0. The van der Waals surface area contributed by atoms with E-state index < -0.39 is 0 Å². The van der Waals surface area contributed by atoms with E-state index in [1.54, 1.807) is 0 Å². The second kappa shape index (κ2) is 79.0. The van der Waals surface area contributed by atoms with Crippen LogP contribution in [0.5, 0.6) is 0 Å². The molecule has 0 atom stereocenters. The zero-order valence-corrected chi connectivity index (χ0v) is 6.31. The fourth-order valence-corrected chi connectivity index (χ4v) is 0. The minimum atomic E-state index is 0. The predicted octanol–water partition coefficient (Wildman–Crippen LogP) is -0.974. The minimum absolute atomic E-state index is 0. The molecule has 0 bridgehead atoms. The van der Waals surface area contributed by atoms with Gasteiger partial charge in [-0.3, -0.25) is 0 Å². The van der Waals surface area contributed by atoms with Crippen molar-refractivity contribution in [2.24, 2.45) is 0 Å². The minimum Gasteiger partial charge on any atom is -2.00 e. The second-order valence-electron chi connectivity index (χ2n) is 0. The molecule has 0 fully saturated rings. The van der Waals surface area contributed by atoms with Gasteiger partial charge in [0.15, 0.2) is 0 Å². The van der Waals surface area contributed by atoms with E-state index in [1.165, 1.54) is 0 Å². The van der Waals surface area contributed by atoms with Crippen molar-refractivity contribution in [3.63, 3.8) is 0 Å². The van der Waals surface area contributed by atoms with Gasteiger partial charge in [-0.1, -0.05) is 0 Å². The molecular weight excluding hydrogens is 156 g/mol. The largest absolute Gasteiger partial charge is 4.00 e. The monoisotopic (exact) mass is 158 g/mol. The van der Waals surface area contributed by atoms with Crippen LogP contribution < -0.4 is 0 Å². The van der Waals surface area contributed by atoms with Crippen molar-refractivity contribution in [3.05, 3.63) is 0 Å². The molecule has 0 radical (unpaired) electrons. The average molecular weight is 158 g/mol. The Bertz CT molecular complexity index is 7.51. The Labute approximate surface area is 76.3 Å². The summed E-state index contributed by atoms with van der Waals surface area (Å²) in [5.74, 6) is 0. The maximum Gasteiger partial charge on any atom is 4.00 e.